The summed E-state index contributed by atoms with van der Waals surface area (Å²) in [7, 11) is 0. The van der Waals surface area contributed by atoms with Crippen molar-refractivity contribution in [2.75, 3.05) is 30.3 Å². The molecule has 114 valence electrons. The van der Waals surface area contributed by atoms with Gasteiger partial charge in [0.2, 0.25) is 5.95 Å². The minimum absolute atomic E-state index is 0.237. The SMILES string of the molecule is CCNc1nc(NCC(C)(C)OCC)c2ccccc2n1. The molecule has 0 radical (unpaired) electrons. The van der Waals surface area contributed by atoms with Gasteiger partial charge in [-0.1, -0.05) is 12.1 Å². The van der Waals surface area contributed by atoms with Crippen LogP contribution in [0.15, 0.2) is 24.3 Å². The molecule has 1 aromatic carbocycles. The highest BCUT2D eigenvalue weighted by Gasteiger charge is 2.18. The van der Waals surface area contributed by atoms with E-state index in [1.807, 2.05) is 38.1 Å². The third kappa shape index (κ3) is 4.04. The van der Waals surface area contributed by atoms with Crippen molar-refractivity contribution in [3.05, 3.63) is 24.3 Å². The number of hydrogen-bond acceptors (Lipinski definition) is 5. The van der Waals surface area contributed by atoms with Crippen molar-refractivity contribution in [1.82, 2.24) is 9.97 Å². The molecule has 1 aromatic heterocycles. The van der Waals surface area contributed by atoms with Crippen LogP contribution in [0, 0.1) is 0 Å². The maximum atomic E-state index is 5.72. The Morgan fingerprint density at radius 2 is 1.86 bits per heavy atom. The van der Waals surface area contributed by atoms with Crippen LogP contribution in [-0.2, 0) is 4.74 Å². The van der Waals surface area contributed by atoms with E-state index in [-0.39, 0.29) is 5.60 Å². The average Bonchev–Trinajstić information content (AvgIpc) is 2.45. The zero-order valence-electron chi connectivity index (χ0n) is 13.2. The van der Waals surface area contributed by atoms with Gasteiger partial charge in [-0.2, -0.15) is 4.98 Å². The van der Waals surface area contributed by atoms with Crippen molar-refractivity contribution >= 4 is 22.7 Å². The van der Waals surface area contributed by atoms with Gasteiger partial charge in [-0.05, 0) is 39.8 Å². The Kier molecular flexibility index (Phi) is 4.96. The third-order valence-electron chi connectivity index (χ3n) is 3.15. The first-order chi connectivity index (χ1) is 10.1. The molecule has 0 unspecified atom stereocenters. The van der Waals surface area contributed by atoms with Gasteiger partial charge in [0.05, 0.1) is 11.1 Å². The van der Waals surface area contributed by atoms with Crippen molar-refractivity contribution in [2.45, 2.75) is 33.3 Å². The van der Waals surface area contributed by atoms with E-state index in [2.05, 4.69) is 34.4 Å². The largest absolute Gasteiger partial charge is 0.374 e. The van der Waals surface area contributed by atoms with Gasteiger partial charge < -0.3 is 15.4 Å². The zero-order chi connectivity index (χ0) is 15.3. The monoisotopic (exact) mass is 288 g/mol. The highest BCUT2D eigenvalue weighted by Crippen LogP contribution is 2.22. The molecular formula is C16H24N4O. The summed E-state index contributed by atoms with van der Waals surface area (Å²) < 4.78 is 5.72. The molecule has 0 amide bonds. The van der Waals surface area contributed by atoms with E-state index < -0.39 is 0 Å². The maximum Gasteiger partial charge on any atom is 0.225 e. The fourth-order valence-electron chi connectivity index (χ4n) is 2.19. The molecule has 2 N–H and O–H groups in total. The fourth-order valence-corrected chi connectivity index (χ4v) is 2.19. The molecule has 21 heavy (non-hydrogen) atoms. The summed E-state index contributed by atoms with van der Waals surface area (Å²) in [4.78, 5) is 9.08. The number of nitrogens with one attached hydrogen (secondary N) is 2. The molecule has 0 atom stereocenters. The van der Waals surface area contributed by atoms with Crippen LogP contribution in [0.2, 0.25) is 0 Å². The van der Waals surface area contributed by atoms with Crippen molar-refractivity contribution in [3.63, 3.8) is 0 Å². The standard InChI is InChI=1S/C16H24N4O/c1-5-17-15-19-13-10-8-7-9-12(13)14(20-15)18-11-16(3,4)21-6-2/h7-10H,5-6,11H2,1-4H3,(H2,17,18,19,20). The summed E-state index contributed by atoms with van der Waals surface area (Å²) in [5.41, 5.74) is 0.694. The summed E-state index contributed by atoms with van der Waals surface area (Å²) >= 11 is 0. The number of aromatic nitrogens is 2. The van der Waals surface area contributed by atoms with Crippen LogP contribution in [0.3, 0.4) is 0 Å². The Bertz CT molecular complexity index is 598. The molecule has 2 rings (SSSR count). The Hall–Kier alpha value is -1.88. The molecule has 5 nitrogen and oxygen atoms in total. The first-order valence-corrected chi connectivity index (χ1v) is 7.44. The zero-order valence-corrected chi connectivity index (χ0v) is 13.2. The lowest BCUT2D eigenvalue weighted by atomic mass is 10.1. The number of fused-ring (bicyclic) bond motifs is 1. The average molecular weight is 288 g/mol. The van der Waals surface area contributed by atoms with Gasteiger partial charge in [0, 0.05) is 25.1 Å². The molecule has 2 aromatic rings. The topological polar surface area (TPSA) is 59.1 Å². The van der Waals surface area contributed by atoms with Crippen LogP contribution in [0.1, 0.15) is 27.7 Å². The molecule has 0 aliphatic heterocycles. The van der Waals surface area contributed by atoms with Crippen molar-refractivity contribution in [1.29, 1.82) is 0 Å². The molecule has 0 aliphatic carbocycles. The molecule has 1 heterocycles. The van der Waals surface area contributed by atoms with Crippen LogP contribution in [0.25, 0.3) is 10.9 Å². The molecule has 0 saturated carbocycles. The van der Waals surface area contributed by atoms with Gasteiger partial charge in [-0.3, -0.25) is 0 Å². The van der Waals surface area contributed by atoms with Crippen LogP contribution in [0.5, 0.6) is 0 Å². The summed E-state index contributed by atoms with van der Waals surface area (Å²) in [6, 6.07) is 8.01. The van der Waals surface area contributed by atoms with Gasteiger partial charge in [0.1, 0.15) is 5.82 Å². The molecule has 0 aliphatic rings. The first kappa shape index (κ1) is 15.5. The Morgan fingerprint density at radius 3 is 2.57 bits per heavy atom. The minimum atomic E-state index is -0.237. The van der Waals surface area contributed by atoms with Crippen LogP contribution < -0.4 is 10.6 Å². The second-order valence-electron chi connectivity index (χ2n) is 5.49. The van der Waals surface area contributed by atoms with Gasteiger partial charge in [-0.15, -0.1) is 0 Å². The van der Waals surface area contributed by atoms with Crippen LogP contribution in [0.4, 0.5) is 11.8 Å². The van der Waals surface area contributed by atoms with Crippen LogP contribution >= 0.6 is 0 Å². The summed E-state index contributed by atoms with van der Waals surface area (Å²) in [5.74, 6) is 1.48. The number of hydrogen-bond donors (Lipinski definition) is 2. The van der Waals surface area contributed by atoms with E-state index in [0.717, 1.165) is 23.3 Å². The quantitative estimate of drug-likeness (QED) is 0.818. The molecule has 0 fully saturated rings. The van der Waals surface area contributed by atoms with Crippen molar-refractivity contribution in [3.8, 4) is 0 Å². The number of para-hydroxylation sites is 1. The molecule has 0 spiro atoms. The van der Waals surface area contributed by atoms with Gasteiger partial charge in [0.25, 0.3) is 0 Å². The molecular weight excluding hydrogens is 264 g/mol. The second kappa shape index (κ2) is 6.72. The molecule has 0 bridgehead atoms. The summed E-state index contributed by atoms with van der Waals surface area (Å²) in [5, 5.41) is 7.58. The van der Waals surface area contributed by atoms with E-state index in [9.17, 15) is 0 Å². The molecule has 5 heteroatoms. The van der Waals surface area contributed by atoms with E-state index in [4.69, 9.17) is 4.74 Å². The smallest absolute Gasteiger partial charge is 0.225 e. The normalized spacial score (nSPS) is 11.6. The van der Waals surface area contributed by atoms with E-state index >= 15 is 0 Å². The second-order valence-corrected chi connectivity index (χ2v) is 5.49. The van der Waals surface area contributed by atoms with Gasteiger partial charge >= 0.3 is 0 Å². The van der Waals surface area contributed by atoms with Crippen molar-refractivity contribution < 1.29 is 4.74 Å². The highest BCUT2D eigenvalue weighted by molar-refractivity contribution is 5.90. The number of nitrogens with zero attached hydrogens (tertiary/aromatic N) is 2. The lowest BCUT2D eigenvalue weighted by molar-refractivity contribution is 0.000663. The Morgan fingerprint density at radius 1 is 1.10 bits per heavy atom. The number of anilines is 2. The predicted octanol–water partition coefficient (Wildman–Crippen LogP) is 3.29. The van der Waals surface area contributed by atoms with Crippen LogP contribution in [-0.4, -0.2) is 35.3 Å². The fraction of sp³-hybridized carbons (Fsp3) is 0.500. The third-order valence-corrected chi connectivity index (χ3v) is 3.15. The lowest BCUT2D eigenvalue weighted by Crippen LogP contribution is -2.33. The number of rotatable bonds is 7. The number of ether oxygens (including phenoxy) is 1. The summed E-state index contributed by atoms with van der Waals surface area (Å²) in [6.45, 7) is 10.3. The Labute approximate surface area is 126 Å². The molecule has 0 saturated heterocycles. The van der Waals surface area contributed by atoms with Gasteiger partial charge in [-0.25, -0.2) is 4.98 Å². The minimum Gasteiger partial charge on any atom is -0.374 e. The Balaban J connectivity index is 2.28. The first-order valence-electron chi connectivity index (χ1n) is 7.44. The number of benzene rings is 1. The lowest BCUT2D eigenvalue weighted by Gasteiger charge is -2.25. The van der Waals surface area contributed by atoms with Gasteiger partial charge in [0.15, 0.2) is 0 Å². The summed E-state index contributed by atoms with van der Waals surface area (Å²) in [6.07, 6.45) is 0. The van der Waals surface area contributed by atoms with E-state index in [0.29, 0.717) is 19.1 Å². The van der Waals surface area contributed by atoms with E-state index in [1.54, 1.807) is 0 Å². The predicted molar refractivity (Wildman–Crippen MR) is 87.9 cm³/mol. The van der Waals surface area contributed by atoms with Crippen molar-refractivity contribution in [2.24, 2.45) is 0 Å². The highest BCUT2D eigenvalue weighted by atomic mass is 16.5. The van der Waals surface area contributed by atoms with E-state index in [1.165, 1.54) is 0 Å². The maximum absolute atomic E-state index is 5.72.